The van der Waals surface area contributed by atoms with E-state index in [9.17, 15) is 0 Å². The number of fused-ring (bicyclic) bond motifs is 1. The molecule has 0 unspecified atom stereocenters. The molecule has 6 nitrogen and oxygen atoms in total. The number of rotatable bonds is 5. The average Bonchev–Trinajstić information content (AvgIpc) is 3.24. The highest BCUT2D eigenvalue weighted by Gasteiger charge is 2.18. The predicted molar refractivity (Wildman–Crippen MR) is 132 cm³/mol. The topological polar surface area (TPSA) is 55.0 Å². The number of ether oxygens (including phenoxy) is 1. The van der Waals surface area contributed by atoms with Crippen LogP contribution in [0, 0.1) is 6.92 Å². The molecular formula is C25H24BrN5O. The van der Waals surface area contributed by atoms with Gasteiger partial charge in [0.15, 0.2) is 5.65 Å². The van der Waals surface area contributed by atoms with Crippen LogP contribution in [0.15, 0.2) is 70.1 Å². The number of hydrogen-bond donors (Lipinski definition) is 0. The van der Waals surface area contributed by atoms with Crippen LogP contribution in [-0.2, 0) is 11.3 Å². The molecule has 0 atom stereocenters. The SMILES string of the molecule is Cc1cccc(C=NCc2cc(N3CCOCC3)n3nc(-c4ccc(Br)cc4)cc3n2)c1. The number of aryl methyl sites for hydroxylation is 1. The van der Waals surface area contributed by atoms with Gasteiger partial charge in [-0.25, -0.2) is 4.98 Å². The maximum Gasteiger partial charge on any atom is 0.158 e. The van der Waals surface area contributed by atoms with E-state index >= 15 is 0 Å². The molecule has 0 amide bonds. The van der Waals surface area contributed by atoms with Crippen molar-refractivity contribution in [1.29, 1.82) is 0 Å². The molecule has 0 spiro atoms. The zero-order chi connectivity index (χ0) is 21.9. The lowest BCUT2D eigenvalue weighted by atomic mass is 10.1. The van der Waals surface area contributed by atoms with Gasteiger partial charge in [0, 0.05) is 41.5 Å². The first kappa shape index (κ1) is 20.8. The standard InChI is InChI=1S/C25H24BrN5O/c1-18-3-2-4-19(13-18)16-27-17-22-14-25(30-9-11-32-12-10-30)31-24(28-22)15-23(29-31)20-5-7-21(26)8-6-20/h2-8,13-16H,9-12,17H2,1H3. The van der Waals surface area contributed by atoms with Crippen molar-refractivity contribution in [2.75, 3.05) is 31.2 Å². The summed E-state index contributed by atoms with van der Waals surface area (Å²) in [4.78, 5) is 11.8. The number of nitrogens with zero attached hydrogens (tertiary/aromatic N) is 5. The molecule has 0 radical (unpaired) electrons. The van der Waals surface area contributed by atoms with Crippen molar-refractivity contribution >= 4 is 33.6 Å². The molecule has 1 fully saturated rings. The molecule has 4 aromatic rings. The minimum Gasteiger partial charge on any atom is -0.378 e. The van der Waals surface area contributed by atoms with Crippen molar-refractivity contribution < 1.29 is 4.74 Å². The van der Waals surface area contributed by atoms with Gasteiger partial charge in [-0.1, -0.05) is 57.9 Å². The van der Waals surface area contributed by atoms with Crippen LogP contribution in [-0.4, -0.2) is 47.1 Å². The minimum absolute atomic E-state index is 0.514. The van der Waals surface area contributed by atoms with Crippen molar-refractivity contribution in [3.05, 3.63) is 82.0 Å². The van der Waals surface area contributed by atoms with Crippen LogP contribution >= 0.6 is 15.9 Å². The Morgan fingerprint density at radius 1 is 1.06 bits per heavy atom. The van der Waals surface area contributed by atoms with E-state index < -0.39 is 0 Å². The van der Waals surface area contributed by atoms with E-state index in [1.54, 1.807) is 0 Å². The molecule has 1 saturated heterocycles. The fourth-order valence-corrected chi connectivity index (χ4v) is 4.13. The van der Waals surface area contributed by atoms with Crippen molar-refractivity contribution in [3.8, 4) is 11.3 Å². The van der Waals surface area contributed by atoms with Gasteiger partial charge in [0.25, 0.3) is 0 Å². The molecule has 162 valence electrons. The van der Waals surface area contributed by atoms with Crippen molar-refractivity contribution in [3.63, 3.8) is 0 Å². The van der Waals surface area contributed by atoms with E-state index in [4.69, 9.17) is 14.8 Å². The molecule has 32 heavy (non-hydrogen) atoms. The molecule has 0 bridgehead atoms. The Morgan fingerprint density at radius 3 is 2.66 bits per heavy atom. The zero-order valence-corrected chi connectivity index (χ0v) is 19.5. The van der Waals surface area contributed by atoms with Crippen LogP contribution in [0.4, 0.5) is 5.82 Å². The lowest BCUT2D eigenvalue weighted by Gasteiger charge is -2.29. The van der Waals surface area contributed by atoms with Crippen LogP contribution in [0.25, 0.3) is 16.9 Å². The van der Waals surface area contributed by atoms with Gasteiger partial charge in [-0.05, 0) is 24.6 Å². The van der Waals surface area contributed by atoms with Crippen molar-refractivity contribution in [2.45, 2.75) is 13.5 Å². The predicted octanol–water partition coefficient (Wildman–Crippen LogP) is 4.92. The second kappa shape index (κ2) is 9.22. The Balaban J connectivity index is 1.50. The number of benzene rings is 2. The summed E-state index contributed by atoms with van der Waals surface area (Å²) in [6.07, 6.45) is 1.91. The van der Waals surface area contributed by atoms with Gasteiger partial charge in [-0.15, -0.1) is 0 Å². The summed E-state index contributed by atoms with van der Waals surface area (Å²) < 4.78 is 8.55. The van der Waals surface area contributed by atoms with Gasteiger partial charge in [-0.3, -0.25) is 4.99 Å². The number of anilines is 1. The molecule has 1 aliphatic heterocycles. The molecular weight excluding hydrogens is 466 g/mol. The van der Waals surface area contributed by atoms with Crippen LogP contribution in [0.2, 0.25) is 0 Å². The summed E-state index contributed by atoms with van der Waals surface area (Å²) >= 11 is 3.50. The van der Waals surface area contributed by atoms with Gasteiger partial charge >= 0.3 is 0 Å². The Labute approximate surface area is 195 Å². The van der Waals surface area contributed by atoms with E-state index in [1.807, 2.05) is 35.0 Å². The second-order valence-corrected chi connectivity index (χ2v) is 8.81. The second-order valence-electron chi connectivity index (χ2n) is 7.90. The smallest absolute Gasteiger partial charge is 0.158 e. The van der Waals surface area contributed by atoms with E-state index in [1.165, 1.54) is 5.56 Å². The third-order valence-corrected chi connectivity index (χ3v) is 6.00. The maximum atomic E-state index is 5.56. The molecule has 0 aliphatic carbocycles. The number of morpholine rings is 1. The van der Waals surface area contributed by atoms with E-state index in [-0.39, 0.29) is 0 Å². The highest BCUT2D eigenvalue weighted by molar-refractivity contribution is 9.10. The van der Waals surface area contributed by atoms with E-state index in [2.05, 4.69) is 69.1 Å². The first-order valence-corrected chi connectivity index (χ1v) is 11.5. The van der Waals surface area contributed by atoms with Gasteiger partial charge in [-0.2, -0.15) is 9.61 Å². The third-order valence-electron chi connectivity index (χ3n) is 5.47. The van der Waals surface area contributed by atoms with Crippen LogP contribution in [0.5, 0.6) is 0 Å². The molecule has 3 heterocycles. The van der Waals surface area contributed by atoms with Gasteiger partial charge in [0.05, 0.1) is 31.1 Å². The molecule has 0 saturated carbocycles. The first-order valence-electron chi connectivity index (χ1n) is 10.7. The molecule has 0 N–H and O–H groups in total. The van der Waals surface area contributed by atoms with Crippen LogP contribution < -0.4 is 4.90 Å². The highest BCUT2D eigenvalue weighted by atomic mass is 79.9. The normalized spacial score (nSPS) is 14.5. The molecule has 2 aromatic carbocycles. The number of aromatic nitrogens is 3. The maximum absolute atomic E-state index is 5.56. The number of halogens is 1. The Hall–Kier alpha value is -3.03. The Kier molecular flexibility index (Phi) is 6.01. The van der Waals surface area contributed by atoms with Crippen molar-refractivity contribution in [1.82, 2.24) is 14.6 Å². The summed E-state index contributed by atoms with van der Waals surface area (Å²) in [5, 5.41) is 4.88. The molecule has 1 aliphatic rings. The molecule has 7 heteroatoms. The summed E-state index contributed by atoms with van der Waals surface area (Å²) in [6.45, 7) is 5.69. The van der Waals surface area contributed by atoms with Crippen LogP contribution in [0.3, 0.4) is 0 Å². The monoisotopic (exact) mass is 489 g/mol. The largest absolute Gasteiger partial charge is 0.378 e. The Bertz CT molecular complexity index is 1260. The van der Waals surface area contributed by atoms with E-state index in [0.29, 0.717) is 19.8 Å². The van der Waals surface area contributed by atoms with Crippen LogP contribution in [0.1, 0.15) is 16.8 Å². The summed E-state index contributed by atoms with van der Waals surface area (Å²) in [5.41, 5.74) is 6.03. The lowest BCUT2D eigenvalue weighted by molar-refractivity contribution is 0.122. The lowest BCUT2D eigenvalue weighted by Crippen LogP contribution is -2.37. The molecule has 5 rings (SSSR count). The fraction of sp³-hybridized carbons (Fsp3) is 0.240. The minimum atomic E-state index is 0.514. The number of aliphatic imine (C=N–C) groups is 1. The quantitative estimate of drug-likeness (QED) is 0.373. The zero-order valence-electron chi connectivity index (χ0n) is 17.9. The number of hydrogen-bond acceptors (Lipinski definition) is 5. The summed E-state index contributed by atoms with van der Waals surface area (Å²) in [5.74, 6) is 1.03. The average molecular weight is 490 g/mol. The molecule has 2 aromatic heterocycles. The fourth-order valence-electron chi connectivity index (χ4n) is 3.86. The summed E-state index contributed by atoms with van der Waals surface area (Å²) in [6, 6.07) is 20.7. The van der Waals surface area contributed by atoms with Gasteiger partial charge in [0.2, 0.25) is 0 Å². The Morgan fingerprint density at radius 2 is 1.88 bits per heavy atom. The van der Waals surface area contributed by atoms with Gasteiger partial charge < -0.3 is 9.64 Å². The highest BCUT2D eigenvalue weighted by Crippen LogP contribution is 2.25. The first-order chi connectivity index (χ1) is 15.7. The van der Waals surface area contributed by atoms with E-state index in [0.717, 1.165) is 51.5 Å². The third kappa shape index (κ3) is 4.59. The van der Waals surface area contributed by atoms with Crippen molar-refractivity contribution in [2.24, 2.45) is 4.99 Å². The van der Waals surface area contributed by atoms with Gasteiger partial charge in [0.1, 0.15) is 5.82 Å². The summed E-state index contributed by atoms with van der Waals surface area (Å²) in [7, 11) is 0.